The molecule has 0 fully saturated rings. The summed E-state index contributed by atoms with van der Waals surface area (Å²) in [5.74, 6) is 0.509. The Hall–Kier alpha value is -1.41. The van der Waals surface area contributed by atoms with Gasteiger partial charge in [-0.1, -0.05) is 71.6 Å². The van der Waals surface area contributed by atoms with Gasteiger partial charge in [-0.15, -0.1) is 0 Å². The van der Waals surface area contributed by atoms with E-state index >= 15 is 0 Å². The molecule has 1 aromatic heterocycles. The van der Waals surface area contributed by atoms with Crippen LogP contribution >= 0.6 is 0 Å². The average Bonchev–Trinajstić information content (AvgIpc) is 2.44. The van der Waals surface area contributed by atoms with Gasteiger partial charge >= 0.3 is 0 Å². The lowest BCUT2D eigenvalue weighted by atomic mass is 9.77. The number of rotatable bonds is 3. The second-order valence-corrected chi connectivity index (χ2v) is 13.8. The predicted molar refractivity (Wildman–Crippen MR) is 105 cm³/mol. The zero-order valence-corrected chi connectivity index (χ0v) is 17.0. The van der Waals surface area contributed by atoms with Gasteiger partial charge in [0.05, 0.1) is 13.8 Å². The van der Waals surface area contributed by atoms with E-state index in [2.05, 4.69) is 90.8 Å². The Balaban J connectivity index is 2.66. The molecule has 1 nitrogen and oxygen atoms in total. The molecule has 0 saturated heterocycles. The van der Waals surface area contributed by atoms with Crippen LogP contribution in [0.3, 0.4) is 0 Å². The molecule has 0 saturated carbocycles. The van der Waals surface area contributed by atoms with Crippen molar-refractivity contribution in [1.29, 1.82) is 0 Å². The van der Waals surface area contributed by atoms with E-state index in [1.54, 1.807) is 0 Å². The largest absolute Gasteiger partial charge is 0.256 e. The van der Waals surface area contributed by atoms with Gasteiger partial charge in [0.2, 0.25) is 0 Å². The summed E-state index contributed by atoms with van der Waals surface area (Å²) in [6.45, 7) is 18.8. The van der Waals surface area contributed by atoms with Gasteiger partial charge in [0.15, 0.2) is 0 Å². The molecule has 1 heterocycles. The third-order valence-corrected chi connectivity index (χ3v) is 6.96. The molecule has 1 aromatic carbocycles. The number of hydrogen-bond donors (Lipinski definition) is 0. The van der Waals surface area contributed by atoms with Crippen LogP contribution < -0.4 is 5.19 Å². The zero-order chi connectivity index (χ0) is 17.4. The van der Waals surface area contributed by atoms with Crippen LogP contribution in [0, 0.1) is 12.3 Å². The highest BCUT2D eigenvalue weighted by Crippen LogP contribution is 2.36. The Morgan fingerprint density at radius 2 is 1.65 bits per heavy atom. The summed E-state index contributed by atoms with van der Waals surface area (Å²) in [7, 11) is -1.42. The van der Waals surface area contributed by atoms with Crippen LogP contribution in [0.1, 0.15) is 44.7 Å². The number of aryl methyl sites for hydroxylation is 1. The molecule has 0 amide bonds. The van der Waals surface area contributed by atoms with E-state index in [0.29, 0.717) is 5.92 Å². The van der Waals surface area contributed by atoms with Crippen molar-refractivity contribution < 1.29 is 0 Å². The molecule has 2 heteroatoms. The van der Waals surface area contributed by atoms with E-state index in [9.17, 15) is 0 Å². The van der Waals surface area contributed by atoms with Crippen molar-refractivity contribution in [2.75, 3.05) is 0 Å². The van der Waals surface area contributed by atoms with Crippen molar-refractivity contribution in [1.82, 2.24) is 4.98 Å². The first-order valence-corrected chi connectivity index (χ1v) is 12.1. The second kappa shape index (κ2) is 6.24. The maximum absolute atomic E-state index is 4.84. The maximum atomic E-state index is 4.84. The summed E-state index contributed by atoms with van der Waals surface area (Å²) in [6, 6.07) is 10.9. The minimum atomic E-state index is -1.42. The molecule has 2 rings (SSSR count). The smallest absolute Gasteiger partial charge is 0.0799 e. The monoisotopic (exact) mass is 325 g/mol. The van der Waals surface area contributed by atoms with Crippen molar-refractivity contribution >= 4 is 13.3 Å². The standard InChI is InChI=1S/C21H31NSi/c1-15-11-9-10-12-17(15)19-13-18(16(2)21(3,4)5)20(14-22-19)23(6,7)8/h9-14,16H,1-8H3. The molecule has 0 radical (unpaired) electrons. The normalized spacial score (nSPS) is 13.9. The molecule has 124 valence electrons. The van der Waals surface area contributed by atoms with Gasteiger partial charge in [-0.3, -0.25) is 4.98 Å². The molecule has 0 aliphatic rings. The number of aromatic nitrogens is 1. The summed E-state index contributed by atoms with van der Waals surface area (Å²) in [4.78, 5) is 4.84. The van der Waals surface area contributed by atoms with Crippen molar-refractivity contribution in [3.63, 3.8) is 0 Å². The topological polar surface area (TPSA) is 12.9 Å². The Labute approximate surface area is 143 Å². The highest BCUT2D eigenvalue weighted by Gasteiger charge is 2.29. The predicted octanol–water partition coefficient (Wildman–Crippen LogP) is 5.75. The molecular weight excluding hydrogens is 294 g/mol. The molecule has 0 spiro atoms. The fraction of sp³-hybridized carbons (Fsp3) is 0.476. The highest BCUT2D eigenvalue weighted by molar-refractivity contribution is 6.89. The Morgan fingerprint density at radius 3 is 2.17 bits per heavy atom. The molecule has 0 aliphatic heterocycles. The van der Waals surface area contributed by atoms with E-state index in [1.165, 1.54) is 21.9 Å². The lowest BCUT2D eigenvalue weighted by Gasteiger charge is -2.32. The van der Waals surface area contributed by atoms with Crippen LogP contribution in [0.2, 0.25) is 19.6 Å². The molecule has 0 bridgehead atoms. The molecule has 0 N–H and O–H groups in total. The van der Waals surface area contributed by atoms with E-state index in [4.69, 9.17) is 4.98 Å². The SMILES string of the molecule is Cc1ccccc1-c1cc(C(C)C(C)(C)C)c([Si](C)(C)C)cn1. The first kappa shape index (κ1) is 17.9. The van der Waals surface area contributed by atoms with Gasteiger partial charge in [-0.2, -0.15) is 0 Å². The number of nitrogens with zero attached hydrogens (tertiary/aromatic N) is 1. The maximum Gasteiger partial charge on any atom is 0.0799 e. The van der Waals surface area contributed by atoms with E-state index in [-0.39, 0.29) is 5.41 Å². The molecule has 1 atom stereocenters. The summed E-state index contributed by atoms with van der Waals surface area (Å²) >= 11 is 0. The fourth-order valence-corrected chi connectivity index (χ4v) is 4.54. The van der Waals surface area contributed by atoms with Gasteiger partial charge in [0, 0.05) is 11.8 Å². The fourth-order valence-electron chi connectivity index (χ4n) is 2.93. The summed E-state index contributed by atoms with van der Waals surface area (Å²) in [5, 5.41) is 1.50. The molecule has 1 unspecified atom stereocenters. The number of hydrogen-bond acceptors (Lipinski definition) is 1. The van der Waals surface area contributed by atoms with Gasteiger partial charge in [0.25, 0.3) is 0 Å². The minimum Gasteiger partial charge on any atom is -0.256 e. The average molecular weight is 326 g/mol. The third-order valence-electron chi connectivity index (χ3n) is 4.93. The number of benzene rings is 1. The van der Waals surface area contributed by atoms with Crippen LogP contribution in [0.4, 0.5) is 0 Å². The Morgan fingerprint density at radius 1 is 1.04 bits per heavy atom. The van der Waals surface area contributed by atoms with Crippen LogP contribution in [0.5, 0.6) is 0 Å². The van der Waals surface area contributed by atoms with Crippen molar-refractivity contribution in [3.8, 4) is 11.3 Å². The molecular formula is C21H31NSi. The first-order chi connectivity index (χ1) is 10.5. The Bertz CT molecular complexity index is 690. The summed E-state index contributed by atoms with van der Waals surface area (Å²) in [5.41, 5.74) is 5.38. The van der Waals surface area contributed by atoms with Gasteiger partial charge in [-0.05, 0) is 40.6 Å². The van der Waals surface area contributed by atoms with Gasteiger partial charge in [0.1, 0.15) is 0 Å². The summed E-state index contributed by atoms with van der Waals surface area (Å²) < 4.78 is 0. The van der Waals surface area contributed by atoms with Crippen molar-refractivity contribution in [2.24, 2.45) is 5.41 Å². The molecule has 23 heavy (non-hydrogen) atoms. The van der Waals surface area contributed by atoms with Gasteiger partial charge in [-0.25, -0.2) is 0 Å². The van der Waals surface area contributed by atoms with Crippen molar-refractivity contribution in [3.05, 3.63) is 47.7 Å². The van der Waals surface area contributed by atoms with E-state index in [1.807, 2.05) is 0 Å². The van der Waals surface area contributed by atoms with Crippen LogP contribution in [0.15, 0.2) is 36.5 Å². The van der Waals surface area contributed by atoms with Crippen LogP contribution in [-0.2, 0) is 0 Å². The van der Waals surface area contributed by atoms with E-state index in [0.717, 1.165) is 5.69 Å². The quantitative estimate of drug-likeness (QED) is 0.655. The zero-order valence-electron chi connectivity index (χ0n) is 16.0. The third kappa shape index (κ3) is 3.92. The van der Waals surface area contributed by atoms with Gasteiger partial charge < -0.3 is 0 Å². The van der Waals surface area contributed by atoms with Crippen LogP contribution in [0.25, 0.3) is 11.3 Å². The Kier molecular flexibility index (Phi) is 4.86. The second-order valence-electron chi connectivity index (χ2n) is 8.81. The van der Waals surface area contributed by atoms with Crippen molar-refractivity contribution in [2.45, 2.75) is 60.2 Å². The highest BCUT2D eigenvalue weighted by atomic mass is 28.3. The minimum absolute atomic E-state index is 0.249. The molecule has 0 aliphatic carbocycles. The first-order valence-electron chi connectivity index (χ1n) is 8.58. The molecule has 2 aromatic rings. The van der Waals surface area contributed by atoms with Crippen LogP contribution in [-0.4, -0.2) is 13.1 Å². The lowest BCUT2D eigenvalue weighted by molar-refractivity contribution is 0.340. The number of pyridine rings is 1. The summed E-state index contributed by atoms with van der Waals surface area (Å²) in [6.07, 6.45) is 2.16. The lowest BCUT2D eigenvalue weighted by Crippen LogP contribution is -2.42. The van der Waals surface area contributed by atoms with E-state index < -0.39 is 8.07 Å².